The molecule has 1 aromatic heterocycles. The molecule has 0 unspecified atom stereocenters. The Morgan fingerprint density at radius 2 is 1.81 bits per heavy atom. The first-order chi connectivity index (χ1) is 17.4. The van der Waals surface area contributed by atoms with Crippen molar-refractivity contribution in [1.29, 1.82) is 0 Å². The molecule has 7 heteroatoms. The quantitative estimate of drug-likeness (QED) is 0.276. The van der Waals surface area contributed by atoms with Crippen molar-refractivity contribution < 1.29 is 19.4 Å². The molecule has 7 nitrogen and oxygen atoms in total. The molecule has 1 aliphatic heterocycles. The SMILES string of the molecule is Cc1ccccc1COc1ccc(C(O)=C2C(=O)C(=O)N(CCCN(C)C)[C@@H]2c2cccnc2)cc1. The van der Waals surface area contributed by atoms with Crippen LogP contribution in [0.3, 0.4) is 0 Å². The summed E-state index contributed by atoms with van der Waals surface area (Å²) in [6.07, 6.45) is 3.96. The van der Waals surface area contributed by atoms with E-state index in [1.165, 1.54) is 4.90 Å². The van der Waals surface area contributed by atoms with Crippen molar-refractivity contribution in [3.63, 3.8) is 0 Å². The molecule has 1 saturated heterocycles. The zero-order chi connectivity index (χ0) is 25.7. The number of aliphatic hydroxyl groups is 1. The Bertz CT molecular complexity index is 1250. The zero-order valence-electron chi connectivity index (χ0n) is 20.8. The van der Waals surface area contributed by atoms with Crippen LogP contribution in [0.1, 0.15) is 34.7 Å². The lowest BCUT2D eigenvalue weighted by molar-refractivity contribution is -0.139. The Kier molecular flexibility index (Phi) is 7.80. The number of aliphatic hydroxyl groups excluding tert-OH is 1. The normalized spacial score (nSPS) is 17.1. The number of carbonyl (C=O) groups is 2. The molecule has 0 radical (unpaired) electrons. The molecule has 1 amide bonds. The highest BCUT2D eigenvalue weighted by Crippen LogP contribution is 2.39. The number of hydrogen-bond acceptors (Lipinski definition) is 6. The van der Waals surface area contributed by atoms with E-state index in [-0.39, 0.29) is 11.3 Å². The lowest BCUT2D eigenvalue weighted by Crippen LogP contribution is -2.32. The van der Waals surface area contributed by atoms with Gasteiger partial charge in [0.05, 0.1) is 11.6 Å². The van der Waals surface area contributed by atoms with Crippen LogP contribution in [-0.4, -0.2) is 58.8 Å². The van der Waals surface area contributed by atoms with Gasteiger partial charge in [-0.15, -0.1) is 0 Å². The van der Waals surface area contributed by atoms with Crippen LogP contribution < -0.4 is 4.74 Å². The summed E-state index contributed by atoms with van der Waals surface area (Å²) in [5.41, 5.74) is 3.44. The maximum Gasteiger partial charge on any atom is 0.295 e. The maximum atomic E-state index is 13.1. The van der Waals surface area contributed by atoms with Gasteiger partial charge in [-0.05, 0) is 81.0 Å². The minimum absolute atomic E-state index is 0.0754. The molecular weight excluding hydrogens is 454 g/mol. The number of Topliss-reactive ketones (excluding diaryl/α,β-unsaturated/α-hetero) is 1. The predicted molar refractivity (Wildman–Crippen MR) is 138 cm³/mol. The molecule has 0 aliphatic carbocycles. The fourth-order valence-corrected chi connectivity index (χ4v) is 4.35. The third kappa shape index (κ3) is 5.47. The summed E-state index contributed by atoms with van der Waals surface area (Å²) in [4.78, 5) is 33.8. The Balaban J connectivity index is 1.61. The molecule has 0 spiro atoms. The van der Waals surface area contributed by atoms with Crippen LogP contribution in [0.15, 0.2) is 78.6 Å². The number of ketones is 1. The van der Waals surface area contributed by atoms with Gasteiger partial charge in [-0.1, -0.05) is 30.3 Å². The largest absolute Gasteiger partial charge is 0.507 e. The monoisotopic (exact) mass is 485 g/mol. The van der Waals surface area contributed by atoms with Crippen molar-refractivity contribution in [2.45, 2.75) is 26.0 Å². The van der Waals surface area contributed by atoms with Crippen molar-refractivity contribution in [2.24, 2.45) is 0 Å². The van der Waals surface area contributed by atoms with E-state index in [2.05, 4.69) is 4.98 Å². The molecule has 2 heterocycles. The first kappa shape index (κ1) is 25.1. The van der Waals surface area contributed by atoms with Gasteiger partial charge in [-0.25, -0.2) is 0 Å². The lowest BCUT2D eigenvalue weighted by atomic mass is 9.96. The van der Waals surface area contributed by atoms with Gasteiger partial charge in [0.1, 0.15) is 18.1 Å². The van der Waals surface area contributed by atoms with Crippen LogP contribution in [-0.2, 0) is 16.2 Å². The Hall–Kier alpha value is -3.97. The van der Waals surface area contributed by atoms with Crippen molar-refractivity contribution in [2.75, 3.05) is 27.2 Å². The molecule has 186 valence electrons. The van der Waals surface area contributed by atoms with Gasteiger partial charge in [-0.3, -0.25) is 14.6 Å². The molecule has 1 aliphatic rings. The topological polar surface area (TPSA) is 83.0 Å². The molecule has 3 aromatic rings. The minimum Gasteiger partial charge on any atom is -0.507 e. The highest BCUT2D eigenvalue weighted by Gasteiger charge is 2.45. The van der Waals surface area contributed by atoms with Crippen molar-refractivity contribution in [3.05, 3.63) is 101 Å². The first-order valence-electron chi connectivity index (χ1n) is 12.0. The number of nitrogens with zero attached hydrogens (tertiary/aromatic N) is 3. The van der Waals surface area contributed by atoms with Crippen molar-refractivity contribution >= 4 is 17.4 Å². The number of ether oxygens (including phenoxy) is 1. The highest BCUT2D eigenvalue weighted by molar-refractivity contribution is 6.46. The molecule has 1 fully saturated rings. The minimum atomic E-state index is -0.696. The summed E-state index contributed by atoms with van der Waals surface area (Å²) < 4.78 is 5.90. The third-order valence-electron chi connectivity index (χ3n) is 6.33. The fourth-order valence-electron chi connectivity index (χ4n) is 4.35. The highest BCUT2D eigenvalue weighted by atomic mass is 16.5. The number of aromatic nitrogens is 1. The number of amides is 1. The second kappa shape index (κ2) is 11.2. The van der Waals surface area contributed by atoms with E-state index in [0.717, 1.165) is 17.7 Å². The predicted octanol–water partition coefficient (Wildman–Crippen LogP) is 4.34. The molecule has 0 bridgehead atoms. The standard InChI is InChI=1S/C29H31N3O4/c1-20-8-4-5-9-23(20)19-36-24-13-11-21(12-14-24)27(33)25-26(22-10-6-15-30-18-22)32(29(35)28(25)34)17-7-16-31(2)3/h4-6,8-15,18,26,33H,7,16-17,19H2,1-3H3/t26-/m1/s1. The van der Waals surface area contributed by atoms with E-state index >= 15 is 0 Å². The molecule has 4 rings (SSSR count). The Labute approximate surface area is 211 Å². The second-order valence-electron chi connectivity index (χ2n) is 9.18. The summed E-state index contributed by atoms with van der Waals surface area (Å²) in [7, 11) is 3.92. The van der Waals surface area contributed by atoms with E-state index in [1.54, 1.807) is 42.7 Å². The van der Waals surface area contributed by atoms with Gasteiger partial charge in [0.15, 0.2) is 0 Å². The Morgan fingerprint density at radius 3 is 2.47 bits per heavy atom. The van der Waals surface area contributed by atoms with Crippen LogP contribution in [0, 0.1) is 6.92 Å². The number of rotatable bonds is 9. The van der Waals surface area contributed by atoms with Gasteiger partial charge in [0.25, 0.3) is 11.7 Å². The van der Waals surface area contributed by atoms with E-state index in [0.29, 0.717) is 36.4 Å². The maximum absolute atomic E-state index is 13.1. The summed E-state index contributed by atoms with van der Waals surface area (Å²) in [5.74, 6) is -0.862. The van der Waals surface area contributed by atoms with Gasteiger partial charge in [0.2, 0.25) is 0 Å². The van der Waals surface area contributed by atoms with E-state index in [4.69, 9.17) is 4.74 Å². The van der Waals surface area contributed by atoms with Crippen molar-refractivity contribution in [3.8, 4) is 5.75 Å². The zero-order valence-corrected chi connectivity index (χ0v) is 20.8. The average molecular weight is 486 g/mol. The van der Waals surface area contributed by atoms with E-state index in [1.807, 2.05) is 56.3 Å². The number of hydrogen-bond donors (Lipinski definition) is 1. The molecule has 2 aromatic carbocycles. The summed E-state index contributed by atoms with van der Waals surface area (Å²) in [6.45, 7) is 3.63. The smallest absolute Gasteiger partial charge is 0.295 e. The van der Waals surface area contributed by atoms with Crippen LogP contribution in [0.2, 0.25) is 0 Å². The number of benzene rings is 2. The first-order valence-corrected chi connectivity index (χ1v) is 12.0. The van der Waals surface area contributed by atoms with Gasteiger partial charge in [-0.2, -0.15) is 0 Å². The summed E-state index contributed by atoms with van der Waals surface area (Å²) in [5, 5.41) is 11.2. The van der Waals surface area contributed by atoms with Gasteiger partial charge >= 0.3 is 0 Å². The van der Waals surface area contributed by atoms with E-state index in [9.17, 15) is 14.7 Å². The Morgan fingerprint density at radius 1 is 1.06 bits per heavy atom. The molecule has 36 heavy (non-hydrogen) atoms. The number of likely N-dealkylation sites (tertiary alicyclic amines) is 1. The van der Waals surface area contributed by atoms with Crippen LogP contribution in [0.4, 0.5) is 0 Å². The molecular formula is C29H31N3O4. The molecule has 0 saturated carbocycles. The second-order valence-corrected chi connectivity index (χ2v) is 9.18. The van der Waals surface area contributed by atoms with Crippen LogP contribution >= 0.6 is 0 Å². The lowest BCUT2D eigenvalue weighted by Gasteiger charge is -2.25. The summed E-state index contributed by atoms with van der Waals surface area (Å²) in [6, 6.07) is 17.8. The number of aryl methyl sites for hydroxylation is 1. The van der Waals surface area contributed by atoms with Gasteiger partial charge in [0, 0.05) is 24.5 Å². The third-order valence-corrected chi connectivity index (χ3v) is 6.33. The number of carbonyl (C=O) groups excluding carboxylic acids is 2. The van der Waals surface area contributed by atoms with Crippen molar-refractivity contribution in [1.82, 2.24) is 14.8 Å². The molecule has 1 atom stereocenters. The van der Waals surface area contributed by atoms with Gasteiger partial charge < -0.3 is 19.6 Å². The average Bonchev–Trinajstić information content (AvgIpc) is 3.13. The molecule has 1 N–H and O–H groups in total. The van der Waals surface area contributed by atoms with E-state index < -0.39 is 17.7 Å². The summed E-state index contributed by atoms with van der Waals surface area (Å²) >= 11 is 0. The fraction of sp³-hybridized carbons (Fsp3) is 0.276. The number of pyridine rings is 1. The van der Waals surface area contributed by atoms with Crippen LogP contribution in [0.25, 0.3) is 5.76 Å². The van der Waals surface area contributed by atoms with Crippen LogP contribution in [0.5, 0.6) is 5.75 Å².